The van der Waals surface area contributed by atoms with E-state index in [4.69, 9.17) is 18.9 Å². The van der Waals surface area contributed by atoms with Gasteiger partial charge in [0.15, 0.2) is 0 Å². The van der Waals surface area contributed by atoms with Crippen LogP contribution in [0.4, 0.5) is 0 Å². The molecule has 6 heteroatoms. The van der Waals surface area contributed by atoms with E-state index >= 15 is 0 Å². The molecule has 1 aliphatic rings. The Labute approximate surface area is 230 Å². The van der Waals surface area contributed by atoms with Crippen LogP contribution in [-0.2, 0) is 38.8 Å². The van der Waals surface area contributed by atoms with E-state index in [1.54, 1.807) is 0 Å². The molecule has 0 N–H and O–H groups in total. The Hall–Kier alpha value is -1.80. The van der Waals surface area contributed by atoms with Crippen molar-refractivity contribution in [3.05, 3.63) is 108 Å². The van der Waals surface area contributed by atoms with Gasteiger partial charge in [-0.15, -0.1) is 23.5 Å². The predicted molar refractivity (Wildman–Crippen MR) is 155 cm³/mol. The SMILES string of the molecule is CCSC(SCC)[C@H](OCc1ccccc1)[C@H]1OC[C@@H](OCc2ccccc2)[C@@H]1OCc1ccccc1. The minimum absolute atomic E-state index is 0.138. The van der Waals surface area contributed by atoms with Gasteiger partial charge in [0.25, 0.3) is 0 Å². The molecular formula is C31H38O4S2. The molecule has 4 atom stereocenters. The lowest BCUT2D eigenvalue weighted by Gasteiger charge is -2.34. The number of hydrogen-bond acceptors (Lipinski definition) is 6. The summed E-state index contributed by atoms with van der Waals surface area (Å²) in [5.41, 5.74) is 3.44. The molecule has 0 unspecified atom stereocenters. The van der Waals surface area contributed by atoms with Crippen LogP contribution in [-0.4, -0.2) is 47.1 Å². The molecule has 37 heavy (non-hydrogen) atoms. The topological polar surface area (TPSA) is 36.9 Å². The Morgan fingerprint density at radius 3 is 1.70 bits per heavy atom. The van der Waals surface area contributed by atoms with Crippen LogP contribution in [0.1, 0.15) is 30.5 Å². The smallest absolute Gasteiger partial charge is 0.115 e. The molecule has 3 aromatic carbocycles. The van der Waals surface area contributed by atoms with Gasteiger partial charge in [-0.25, -0.2) is 0 Å². The van der Waals surface area contributed by atoms with Gasteiger partial charge in [-0.2, -0.15) is 0 Å². The summed E-state index contributed by atoms with van der Waals surface area (Å²) in [5.74, 6) is 2.03. The van der Waals surface area contributed by atoms with Crippen LogP contribution in [0, 0.1) is 0 Å². The molecule has 0 amide bonds. The summed E-state index contributed by atoms with van der Waals surface area (Å²) in [4.78, 5) is 0. The molecule has 3 aromatic rings. The van der Waals surface area contributed by atoms with Gasteiger partial charge in [0.1, 0.15) is 24.4 Å². The highest BCUT2D eigenvalue weighted by Gasteiger charge is 2.46. The molecule has 0 aliphatic carbocycles. The second kappa shape index (κ2) is 15.6. The van der Waals surface area contributed by atoms with E-state index in [2.05, 4.69) is 62.4 Å². The number of benzene rings is 3. The van der Waals surface area contributed by atoms with Crippen LogP contribution in [0.2, 0.25) is 0 Å². The highest BCUT2D eigenvalue weighted by molar-refractivity contribution is 8.17. The fourth-order valence-electron chi connectivity index (χ4n) is 4.44. The second-order valence-electron chi connectivity index (χ2n) is 8.93. The molecule has 4 rings (SSSR count). The molecule has 0 bridgehead atoms. The van der Waals surface area contributed by atoms with Gasteiger partial charge in [-0.05, 0) is 28.2 Å². The number of rotatable bonds is 15. The first kappa shape index (κ1) is 28.2. The van der Waals surface area contributed by atoms with Gasteiger partial charge in [0.05, 0.1) is 31.0 Å². The lowest BCUT2D eigenvalue weighted by Crippen LogP contribution is -2.46. The van der Waals surface area contributed by atoms with E-state index in [-0.39, 0.29) is 29.0 Å². The van der Waals surface area contributed by atoms with E-state index in [0.717, 1.165) is 28.2 Å². The number of ether oxygens (including phenoxy) is 4. The summed E-state index contributed by atoms with van der Waals surface area (Å²) in [6.07, 6.45) is -0.768. The van der Waals surface area contributed by atoms with E-state index in [0.29, 0.717) is 26.4 Å². The van der Waals surface area contributed by atoms with Crippen molar-refractivity contribution in [2.75, 3.05) is 18.1 Å². The molecule has 0 saturated carbocycles. The summed E-state index contributed by atoms with van der Waals surface area (Å²) in [7, 11) is 0. The average molecular weight is 539 g/mol. The Kier molecular flexibility index (Phi) is 11.9. The summed E-state index contributed by atoms with van der Waals surface area (Å²) in [5, 5.41) is 0. The van der Waals surface area contributed by atoms with Crippen LogP contribution in [0.5, 0.6) is 0 Å². The Balaban J connectivity index is 1.54. The first-order valence-electron chi connectivity index (χ1n) is 13.1. The lowest BCUT2D eigenvalue weighted by molar-refractivity contribution is -0.114. The van der Waals surface area contributed by atoms with Crippen molar-refractivity contribution in [3.63, 3.8) is 0 Å². The number of hydrogen-bond donors (Lipinski definition) is 0. The molecule has 1 fully saturated rings. The Morgan fingerprint density at radius 1 is 0.703 bits per heavy atom. The summed E-state index contributed by atoms with van der Waals surface area (Å²) in [6, 6.07) is 30.9. The maximum Gasteiger partial charge on any atom is 0.115 e. The molecule has 1 aliphatic heterocycles. The van der Waals surface area contributed by atoms with Crippen molar-refractivity contribution in [1.82, 2.24) is 0 Å². The standard InChI is InChI=1S/C31H38O4S2/c1-3-36-31(37-4-2)30(34-22-26-18-12-7-13-19-26)29-28(33-21-25-16-10-6-11-17-25)27(23-35-29)32-20-24-14-8-5-9-15-24/h5-19,27-31H,3-4,20-23H2,1-2H3/t27-,28+,29+,30-/m1/s1. The normalized spacial score (nSPS) is 20.4. The summed E-state index contributed by atoms with van der Waals surface area (Å²) < 4.78 is 26.4. The van der Waals surface area contributed by atoms with E-state index in [1.807, 2.05) is 66.0 Å². The zero-order valence-corrected chi connectivity index (χ0v) is 23.4. The lowest BCUT2D eigenvalue weighted by atomic mass is 10.1. The zero-order valence-electron chi connectivity index (χ0n) is 21.7. The van der Waals surface area contributed by atoms with Crippen LogP contribution in [0.15, 0.2) is 91.0 Å². The molecular weight excluding hydrogens is 500 g/mol. The van der Waals surface area contributed by atoms with Gasteiger partial charge in [-0.1, -0.05) is 105 Å². The van der Waals surface area contributed by atoms with Gasteiger partial charge in [-0.3, -0.25) is 0 Å². The van der Waals surface area contributed by atoms with Crippen LogP contribution >= 0.6 is 23.5 Å². The third kappa shape index (κ3) is 8.60. The molecule has 0 aromatic heterocycles. The first-order chi connectivity index (χ1) is 18.3. The molecule has 0 radical (unpaired) electrons. The molecule has 0 spiro atoms. The Bertz CT molecular complexity index is 999. The van der Waals surface area contributed by atoms with Crippen LogP contribution < -0.4 is 0 Å². The average Bonchev–Trinajstić information content (AvgIpc) is 3.35. The van der Waals surface area contributed by atoms with Crippen molar-refractivity contribution in [3.8, 4) is 0 Å². The van der Waals surface area contributed by atoms with Crippen LogP contribution in [0.25, 0.3) is 0 Å². The molecule has 198 valence electrons. The van der Waals surface area contributed by atoms with Crippen molar-refractivity contribution in [1.29, 1.82) is 0 Å². The van der Waals surface area contributed by atoms with Crippen molar-refractivity contribution in [2.45, 2.75) is 62.7 Å². The van der Waals surface area contributed by atoms with Gasteiger partial charge < -0.3 is 18.9 Å². The van der Waals surface area contributed by atoms with Gasteiger partial charge in [0.2, 0.25) is 0 Å². The quantitative estimate of drug-likeness (QED) is 0.195. The predicted octanol–water partition coefficient (Wildman–Crippen LogP) is 6.97. The van der Waals surface area contributed by atoms with E-state index in [9.17, 15) is 0 Å². The van der Waals surface area contributed by atoms with Crippen molar-refractivity contribution in [2.24, 2.45) is 0 Å². The zero-order chi connectivity index (χ0) is 25.7. The second-order valence-corrected chi connectivity index (χ2v) is 12.1. The summed E-state index contributed by atoms with van der Waals surface area (Å²) in [6.45, 7) is 6.47. The molecule has 1 heterocycles. The van der Waals surface area contributed by atoms with E-state index in [1.165, 1.54) is 0 Å². The Morgan fingerprint density at radius 2 is 1.19 bits per heavy atom. The monoisotopic (exact) mass is 538 g/mol. The first-order valence-corrected chi connectivity index (χ1v) is 15.2. The largest absolute Gasteiger partial charge is 0.370 e. The highest BCUT2D eigenvalue weighted by atomic mass is 32.2. The third-order valence-electron chi connectivity index (χ3n) is 6.27. The number of thioether (sulfide) groups is 2. The van der Waals surface area contributed by atoms with Crippen LogP contribution in [0.3, 0.4) is 0 Å². The maximum atomic E-state index is 6.67. The maximum absolute atomic E-state index is 6.67. The minimum Gasteiger partial charge on any atom is -0.370 e. The third-order valence-corrected chi connectivity index (χ3v) is 8.95. The molecule has 1 saturated heterocycles. The van der Waals surface area contributed by atoms with Crippen molar-refractivity contribution >= 4 is 23.5 Å². The molecule has 4 nitrogen and oxygen atoms in total. The van der Waals surface area contributed by atoms with Gasteiger partial charge >= 0.3 is 0 Å². The van der Waals surface area contributed by atoms with Gasteiger partial charge in [0, 0.05) is 0 Å². The summed E-state index contributed by atoms with van der Waals surface area (Å²) >= 11 is 3.84. The fourth-order valence-corrected chi connectivity index (χ4v) is 7.14. The van der Waals surface area contributed by atoms with Crippen molar-refractivity contribution < 1.29 is 18.9 Å². The fraction of sp³-hybridized carbons (Fsp3) is 0.419. The minimum atomic E-state index is -0.234. The highest BCUT2D eigenvalue weighted by Crippen LogP contribution is 2.36. The van der Waals surface area contributed by atoms with E-state index < -0.39 is 0 Å².